The molecule has 0 spiro atoms. The molecule has 0 aliphatic carbocycles. The first-order valence-electron chi connectivity index (χ1n) is 4.35. The lowest BCUT2D eigenvalue weighted by Crippen LogP contribution is -2.53. The van der Waals surface area contributed by atoms with Crippen molar-refractivity contribution in [3.8, 4) is 0 Å². The Hall–Kier alpha value is -1.03. The number of carbonyl (C=O) groups is 1. The Labute approximate surface area is 77.8 Å². The zero-order valence-corrected chi connectivity index (χ0v) is 7.77. The molecule has 0 unspecified atom stereocenters. The van der Waals surface area contributed by atoms with Crippen LogP contribution in [0.2, 0.25) is 0 Å². The fourth-order valence-corrected chi connectivity index (χ4v) is 1.19. The summed E-state index contributed by atoms with van der Waals surface area (Å²) in [5.41, 5.74) is 0. The molecule has 4 nitrogen and oxygen atoms in total. The van der Waals surface area contributed by atoms with E-state index in [9.17, 15) is 4.79 Å². The molecule has 4 heteroatoms. The van der Waals surface area contributed by atoms with Gasteiger partial charge in [-0.3, -0.25) is 0 Å². The minimum absolute atomic E-state index is 0.205. The van der Waals surface area contributed by atoms with Crippen LogP contribution in [0, 0.1) is 5.92 Å². The van der Waals surface area contributed by atoms with Gasteiger partial charge in [-0.15, -0.1) is 0 Å². The summed E-state index contributed by atoms with van der Waals surface area (Å²) >= 11 is 0. The summed E-state index contributed by atoms with van der Waals surface area (Å²) in [5, 5.41) is 9.15. The highest BCUT2D eigenvalue weighted by Crippen LogP contribution is 2.19. The van der Waals surface area contributed by atoms with E-state index in [1.54, 1.807) is 11.8 Å². The fourth-order valence-electron chi connectivity index (χ4n) is 1.19. The van der Waals surface area contributed by atoms with Gasteiger partial charge in [-0.1, -0.05) is 12.7 Å². The Morgan fingerprint density at radius 2 is 2.46 bits per heavy atom. The Morgan fingerprint density at radius 3 is 2.92 bits per heavy atom. The molecule has 0 saturated carbocycles. The molecule has 0 aromatic rings. The first-order chi connectivity index (χ1) is 6.15. The lowest BCUT2D eigenvalue weighted by molar-refractivity contribution is 0.00445. The molecule has 1 atom stereocenters. The summed E-state index contributed by atoms with van der Waals surface area (Å²) in [6, 6.07) is 0. The molecule has 1 fully saturated rings. The van der Waals surface area contributed by atoms with E-state index in [0.29, 0.717) is 13.1 Å². The number of rotatable bonds is 3. The third-order valence-electron chi connectivity index (χ3n) is 2.17. The highest BCUT2D eigenvalue weighted by atomic mass is 16.6. The minimum Gasteiger partial charge on any atom is -0.445 e. The average molecular weight is 185 g/mol. The molecule has 0 radical (unpaired) electrons. The highest BCUT2D eigenvalue weighted by molar-refractivity contribution is 5.68. The van der Waals surface area contributed by atoms with Gasteiger partial charge in [-0.25, -0.2) is 4.79 Å². The van der Waals surface area contributed by atoms with Crippen molar-refractivity contribution < 1.29 is 14.6 Å². The second-order valence-corrected chi connectivity index (χ2v) is 3.27. The van der Waals surface area contributed by atoms with E-state index in [1.165, 1.54) is 6.08 Å². The number of aliphatic hydroxyl groups excluding tert-OH is 1. The molecule has 1 heterocycles. The summed E-state index contributed by atoms with van der Waals surface area (Å²) < 4.78 is 4.81. The summed E-state index contributed by atoms with van der Waals surface area (Å²) in [4.78, 5) is 12.7. The lowest BCUT2D eigenvalue weighted by Gasteiger charge is -2.39. The van der Waals surface area contributed by atoms with Crippen molar-refractivity contribution in [2.45, 2.75) is 13.0 Å². The Morgan fingerprint density at radius 1 is 1.85 bits per heavy atom. The van der Waals surface area contributed by atoms with E-state index in [4.69, 9.17) is 9.84 Å². The van der Waals surface area contributed by atoms with Gasteiger partial charge in [-0.2, -0.15) is 0 Å². The quantitative estimate of drug-likeness (QED) is 0.656. The Balaban J connectivity index is 2.19. The smallest absolute Gasteiger partial charge is 0.410 e. The third-order valence-corrected chi connectivity index (χ3v) is 2.17. The summed E-state index contributed by atoms with van der Waals surface area (Å²) in [7, 11) is 0. The molecule has 0 aromatic carbocycles. The van der Waals surface area contributed by atoms with Gasteiger partial charge < -0.3 is 14.7 Å². The number of nitrogens with zero attached hydrogens (tertiary/aromatic N) is 1. The second-order valence-electron chi connectivity index (χ2n) is 3.27. The molecule has 1 saturated heterocycles. The third kappa shape index (κ3) is 2.45. The molecule has 0 aromatic heterocycles. The van der Waals surface area contributed by atoms with Gasteiger partial charge >= 0.3 is 6.09 Å². The standard InChI is InChI=1S/C9H15NO3/c1-3-4-13-9(12)10-5-8(6-10)7(2)11/h3,7-8,11H,1,4-6H2,2H3/t7-/m1/s1. The molecule has 1 aliphatic rings. The minimum atomic E-state index is -0.344. The predicted molar refractivity (Wildman–Crippen MR) is 48.3 cm³/mol. The lowest BCUT2D eigenvalue weighted by atomic mass is 9.95. The molecule has 1 N–H and O–H groups in total. The van der Waals surface area contributed by atoms with E-state index in [2.05, 4.69) is 6.58 Å². The van der Waals surface area contributed by atoms with Crippen molar-refractivity contribution in [2.75, 3.05) is 19.7 Å². The van der Waals surface area contributed by atoms with Crippen molar-refractivity contribution in [1.29, 1.82) is 0 Å². The van der Waals surface area contributed by atoms with Crippen LogP contribution in [0.5, 0.6) is 0 Å². The van der Waals surface area contributed by atoms with E-state index < -0.39 is 0 Å². The van der Waals surface area contributed by atoms with Crippen LogP contribution in [-0.4, -0.2) is 41.9 Å². The van der Waals surface area contributed by atoms with Gasteiger partial charge in [0, 0.05) is 19.0 Å². The van der Waals surface area contributed by atoms with Gasteiger partial charge in [0.1, 0.15) is 6.61 Å². The number of aliphatic hydroxyl groups is 1. The van der Waals surface area contributed by atoms with Crippen LogP contribution >= 0.6 is 0 Å². The van der Waals surface area contributed by atoms with Crippen LogP contribution in [0.25, 0.3) is 0 Å². The van der Waals surface area contributed by atoms with Crippen LogP contribution in [0.15, 0.2) is 12.7 Å². The van der Waals surface area contributed by atoms with Crippen LogP contribution in [0.3, 0.4) is 0 Å². The maximum Gasteiger partial charge on any atom is 0.410 e. The summed E-state index contributed by atoms with van der Waals surface area (Å²) in [6.45, 7) is 6.60. The monoisotopic (exact) mass is 185 g/mol. The number of carbonyl (C=O) groups excluding carboxylic acids is 1. The van der Waals surface area contributed by atoms with Crippen molar-refractivity contribution in [2.24, 2.45) is 5.92 Å². The van der Waals surface area contributed by atoms with Gasteiger partial charge in [0.15, 0.2) is 0 Å². The van der Waals surface area contributed by atoms with E-state index in [1.807, 2.05) is 0 Å². The second kappa shape index (κ2) is 4.28. The first kappa shape index (κ1) is 10.1. The van der Waals surface area contributed by atoms with Crippen molar-refractivity contribution in [1.82, 2.24) is 4.90 Å². The van der Waals surface area contributed by atoms with E-state index in [0.717, 1.165) is 0 Å². The van der Waals surface area contributed by atoms with Crippen LogP contribution in [0.1, 0.15) is 6.92 Å². The number of hydrogen-bond donors (Lipinski definition) is 1. The SMILES string of the molecule is C=CCOC(=O)N1CC([C@@H](C)O)C1. The van der Waals surface area contributed by atoms with Crippen molar-refractivity contribution in [3.05, 3.63) is 12.7 Å². The van der Waals surface area contributed by atoms with Crippen molar-refractivity contribution in [3.63, 3.8) is 0 Å². The molecule has 74 valence electrons. The first-order valence-corrected chi connectivity index (χ1v) is 4.35. The van der Waals surface area contributed by atoms with Gasteiger partial charge in [0.05, 0.1) is 6.10 Å². The Kier molecular flexibility index (Phi) is 3.31. The number of hydrogen-bond acceptors (Lipinski definition) is 3. The van der Waals surface area contributed by atoms with Crippen LogP contribution in [-0.2, 0) is 4.74 Å². The van der Waals surface area contributed by atoms with Crippen LogP contribution < -0.4 is 0 Å². The van der Waals surface area contributed by atoms with Gasteiger partial charge in [0.25, 0.3) is 0 Å². The number of ether oxygens (including phenoxy) is 1. The normalized spacial score (nSPS) is 19.1. The zero-order valence-electron chi connectivity index (χ0n) is 7.77. The summed E-state index contributed by atoms with van der Waals surface area (Å²) in [6.07, 6.45) is 0.865. The van der Waals surface area contributed by atoms with Gasteiger partial charge in [-0.05, 0) is 6.92 Å². The molecule has 1 rings (SSSR count). The Bertz CT molecular complexity index is 197. The molecular weight excluding hydrogens is 170 g/mol. The largest absolute Gasteiger partial charge is 0.445 e. The van der Waals surface area contributed by atoms with Gasteiger partial charge in [0.2, 0.25) is 0 Å². The topological polar surface area (TPSA) is 49.8 Å². The fraction of sp³-hybridized carbons (Fsp3) is 0.667. The maximum absolute atomic E-state index is 11.1. The van der Waals surface area contributed by atoms with Crippen LogP contribution in [0.4, 0.5) is 4.79 Å². The number of amides is 1. The maximum atomic E-state index is 11.1. The zero-order chi connectivity index (χ0) is 9.84. The summed E-state index contributed by atoms with van der Waals surface area (Å²) in [5.74, 6) is 0.205. The molecule has 0 bridgehead atoms. The molecule has 1 amide bonds. The number of likely N-dealkylation sites (tertiary alicyclic amines) is 1. The average Bonchev–Trinajstić information content (AvgIpc) is 1.97. The molecule has 1 aliphatic heterocycles. The van der Waals surface area contributed by atoms with Crippen molar-refractivity contribution >= 4 is 6.09 Å². The molecular formula is C9H15NO3. The predicted octanol–water partition coefficient (Wildman–Crippen LogP) is 0.622. The molecule has 13 heavy (non-hydrogen) atoms. The van der Waals surface area contributed by atoms with E-state index in [-0.39, 0.29) is 24.7 Å². The van der Waals surface area contributed by atoms with E-state index >= 15 is 0 Å². The highest BCUT2D eigenvalue weighted by Gasteiger charge is 2.34.